The quantitative estimate of drug-likeness (QED) is 0.823. The molecule has 0 aromatic heterocycles. The molecule has 2 saturated carbocycles. The Bertz CT molecular complexity index is 382. The van der Waals surface area contributed by atoms with E-state index in [9.17, 15) is 0 Å². The highest BCUT2D eigenvalue weighted by molar-refractivity contribution is 6.33. The van der Waals surface area contributed by atoms with Gasteiger partial charge in [-0.3, -0.25) is 0 Å². The first-order valence-electron chi connectivity index (χ1n) is 6.27. The lowest BCUT2D eigenvalue weighted by Gasteiger charge is -2.20. The van der Waals surface area contributed by atoms with Crippen LogP contribution < -0.4 is 5.32 Å². The molecule has 0 atom stereocenters. The van der Waals surface area contributed by atoms with Crippen molar-refractivity contribution in [1.29, 1.82) is 0 Å². The Balaban J connectivity index is 1.76. The van der Waals surface area contributed by atoms with Gasteiger partial charge in [0.15, 0.2) is 0 Å². The van der Waals surface area contributed by atoms with E-state index in [-0.39, 0.29) is 0 Å². The molecule has 1 aromatic carbocycles. The average Bonchev–Trinajstić information content (AvgIpc) is 3.11. The van der Waals surface area contributed by atoms with E-state index in [1.807, 2.05) is 6.07 Å². The molecule has 2 fully saturated rings. The van der Waals surface area contributed by atoms with Crippen LogP contribution in [0.5, 0.6) is 0 Å². The van der Waals surface area contributed by atoms with Crippen molar-refractivity contribution in [2.75, 3.05) is 5.32 Å². The Hall–Kier alpha value is -0.690. The van der Waals surface area contributed by atoms with Crippen LogP contribution in [0.15, 0.2) is 18.2 Å². The lowest BCUT2D eigenvalue weighted by Crippen LogP contribution is -2.24. The minimum Gasteiger partial charge on any atom is -0.381 e. The first-order chi connectivity index (χ1) is 7.74. The Morgan fingerprint density at radius 1 is 1.19 bits per heavy atom. The van der Waals surface area contributed by atoms with Crippen LogP contribution >= 0.6 is 11.6 Å². The van der Waals surface area contributed by atoms with Crippen LogP contribution in [0.2, 0.25) is 5.02 Å². The first-order valence-corrected chi connectivity index (χ1v) is 6.64. The van der Waals surface area contributed by atoms with E-state index in [2.05, 4.69) is 24.4 Å². The van der Waals surface area contributed by atoms with Crippen molar-refractivity contribution in [2.45, 2.75) is 38.6 Å². The van der Waals surface area contributed by atoms with E-state index in [1.165, 1.54) is 31.2 Å². The lowest BCUT2D eigenvalue weighted by molar-refractivity contribution is 0.568. The van der Waals surface area contributed by atoms with Gasteiger partial charge < -0.3 is 5.32 Å². The van der Waals surface area contributed by atoms with Gasteiger partial charge in [-0.15, -0.1) is 0 Å². The second-order valence-corrected chi connectivity index (χ2v) is 5.74. The second kappa shape index (κ2) is 3.96. The summed E-state index contributed by atoms with van der Waals surface area (Å²) in [6, 6.07) is 6.97. The van der Waals surface area contributed by atoms with Crippen LogP contribution in [0.1, 0.15) is 31.2 Å². The van der Waals surface area contributed by atoms with Gasteiger partial charge in [0, 0.05) is 6.04 Å². The number of hydrogen-bond donors (Lipinski definition) is 1. The van der Waals surface area contributed by atoms with Crippen molar-refractivity contribution < 1.29 is 0 Å². The average molecular weight is 236 g/mol. The first kappa shape index (κ1) is 10.5. The zero-order chi connectivity index (χ0) is 11.1. The standard InChI is InChI=1S/C14H18ClN/c1-9-2-7-13(12(15)8-9)16-14(10-3-4-10)11-5-6-11/h2,7-8,10-11,14,16H,3-6H2,1H3. The molecule has 0 bridgehead atoms. The predicted octanol–water partition coefficient (Wildman–Crippen LogP) is 4.25. The minimum absolute atomic E-state index is 0.681. The molecule has 1 N–H and O–H groups in total. The lowest BCUT2D eigenvalue weighted by atomic mass is 10.1. The van der Waals surface area contributed by atoms with Gasteiger partial charge in [-0.1, -0.05) is 17.7 Å². The van der Waals surface area contributed by atoms with Gasteiger partial charge in [-0.25, -0.2) is 0 Å². The fourth-order valence-corrected chi connectivity index (χ4v) is 2.74. The van der Waals surface area contributed by atoms with E-state index in [1.54, 1.807) is 0 Å². The fourth-order valence-electron chi connectivity index (χ4n) is 2.45. The topological polar surface area (TPSA) is 12.0 Å². The van der Waals surface area contributed by atoms with Crippen molar-refractivity contribution in [3.05, 3.63) is 28.8 Å². The van der Waals surface area contributed by atoms with E-state index < -0.39 is 0 Å². The predicted molar refractivity (Wildman–Crippen MR) is 69.0 cm³/mol. The van der Waals surface area contributed by atoms with Gasteiger partial charge in [0.05, 0.1) is 10.7 Å². The Morgan fingerprint density at radius 3 is 2.31 bits per heavy atom. The van der Waals surface area contributed by atoms with E-state index in [4.69, 9.17) is 11.6 Å². The van der Waals surface area contributed by atoms with Gasteiger partial charge in [0.1, 0.15) is 0 Å². The zero-order valence-corrected chi connectivity index (χ0v) is 10.4. The summed E-state index contributed by atoms with van der Waals surface area (Å²) in [5, 5.41) is 4.53. The van der Waals surface area contributed by atoms with Crippen LogP contribution in [-0.4, -0.2) is 6.04 Å². The molecule has 1 nitrogen and oxygen atoms in total. The summed E-state index contributed by atoms with van der Waals surface area (Å²) in [5.74, 6) is 1.81. The van der Waals surface area contributed by atoms with Crippen LogP contribution in [0.3, 0.4) is 0 Å². The van der Waals surface area contributed by atoms with E-state index >= 15 is 0 Å². The molecular weight excluding hydrogens is 218 g/mol. The molecule has 0 unspecified atom stereocenters. The molecule has 86 valence electrons. The maximum absolute atomic E-state index is 6.26. The molecule has 0 saturated heterocycles. The SMILES string of the molecule is Cc1ccc(NC(C2CC2)C2CC2)c(Cl)c1. The van der Waals surface area contributed by atoms with E-state index in [0.29, 0.717) is 6.04 Å². The molecule has 0 radical (unpaired) electrons. The van der Waals surface area contributed by atoms with Gasteiger partial charge in [0.2, 0.25) is 0 Å². The number of aryl methyl sites for hydroxylation is 1. The summed E-state index contributed by atoms with van der Waals surface area (Å²) in [5.41, 5.74) is 2.35. The van der Waals surface area contributed by atoms with Gasteiger partial charge in [0.25, 0.3) is 0 Å². The number of halogens is 1. The second-order valence-electron chi connectivity index (χ2n) is 5.33. The number of nitrogens with one attached hydrogen (secondary N) is 1. The third-order valence-corrected chi connectivity index (χ3v) is 4.02. The minimum atomic E-state index is 0.681. The Morgan fingerprint density at radius 2 is 1.81 bits per heavy atom. The molecule has 0 spiro atoms. The third-order valence-electron chi connectivity index (χ3n) is 3.71. The summed E-state index contributed by atoms with van der Waals surface area (Å²) >= 11 is 6.26. The van der Waals surface area contributed by atoms with Crippen LogP contribution in [0.4, 0.5) is 5.69 Å². The molecule has 0 heterocycles. The largest absolute Gasteiger partial charge is 0.381 e. The fraction of sp³-hybridized carbons (Fsp3) is 0.571. The van der Waals surface area contributed by atoms with Crippen molar-refractivity contribution in [3.8, 4) is 0 Å². The maximum Gasteiger partial charge on any atom is 0.0640 e. The highest BCUT2D eigenvalue weighted by atomic mass is 35.5. The molecule has 2 aliphatic rings. The van der Waals surface area contributed by atoms with E-state index in [0.717, 1.165) is 22.5 Å². The maximum atomic E-state index is 6.26. The zero-order valence-electron chi connectivity index (χ0n) is 9.67. The van der Waals surface area contributed by atoms with Crippen molar-refractivity contribution in [2.24, 2.45) is 11.8 Å². The number of anilines is 1. The summed E-state index contributed by atoms with van der Waals surface area (Å²) in [6.45, 7) is 2.08. The Labute approximate surface area is 102 Å². The number of benzene rings is 1. The van der Waals surface area contributed by atoms with Gasteiger partial charge in [-0.05, 0) is 62.1 Å². The van der Waals surface area contributed by atoms with Crippen LogP contribution in [0.25, 0.3) is 0 Å². The molecule has 0 aliphatic heterocycles. The molecule has 0 amide bonds. The van der Waals surface area contributed by atoms with Crippen molar-refractivity contribution in [1.82, 2.24) is 0 Å². The summed E-state index contributed by atoms with van der Waals surface area (Å²) in [6.07, 6.45) is 5.60. The normalized spacial score (nSPS) is 20.2. The molecule has 16 heavy (non-hydrogen) atoms. The molecule has 1 aromatic rings. The smallest absolute Gasteiger partial charge is 0.0640 e. The van der Waals surface area contributed by atoms with Gasteiger partial charge in [-0.2, -0.15) is 0 Å². The van der Waals surface area contributed by atoms with Crippen LogP contribution in [-0.2, 0) is 0 Å². The molecular formula is C14H18ClN. The van der Waals surface area contributed by atoms with Crippen molar-refractivity contribution >= 4 is 17.3 Å². The molecule has 2 heteroatoms. The summed E-state index contributed by atoms with van der Waals surface area (Å²) < 4.78 is 0. The third kappa shape index (κ3) is 2.20. The van der Waals surface area contributed by atoms with Crippen molar-refractivity contribution in [3.63, 3.8) is 0 Å². The van der Waals surface area contributed by atoms with Gasteiger partial charge >= 0.3 is 0 Å². The summed E-state index contributed by atoms with van der Waals surface area (Å²) in [7, 11) is 0. The highest BCUT2D eigenvalue weighted by Gasteiger charge is 2.41. The number of rotatable bonds is 4. The number of hydrogen-bond acceptors (Lipinski definition) is 1. The monoisotopic (exact) mass is 235 g/mol. The molecule has 2 aliphatic carbocycles. The summed E-state index contributed by atoms with van der Waals surface area (Å²) in [4.78, 5) is 0. The Kier molecular flexibility index (Phi) is 2.59. The molecule has 3 rings (SSSR count). The highest BCUT2D eigenvalue weighted by Crippen LogP contribution is 2.46. The van der Waals surface area contributed by atoms with Crippen LogP contribution in [0, 0.1) is 18.8 Å².